The van der Waals surface area contributed by atoms with Gasteiger partial charge >= 0.3 is 0 Å². The Labute approximate surface area is 153 Å². The van der Waals surface area contributed by atoms with Crippen LogP contribution in [-0.2, 0) is 11.2 Å². The van der Waals surface area contributed by atoms with Gasteiger partial charge in [0, 0.05) is 42.5 Å². The maximum absolute atomic E-state index is 13.0. The molecular weight excluding hydrogens is 310 g/mol. The topological polar surface area (TPSA) is 45.2 Å². The smallest absolute Gasteiger partial charge is 0.223 e. The number of carbonyl (C=O) groups is 1. The summed E-state index contributed by atoms with van der Waals surface area (Å²) in [4.78, 5) is 19.4. The lowest BCUT2D eigenvalue weighted by molar-refractivity contribution is -0.135. The molecule has 1 saturated heterocycles. The van der Waals surface area contributed by atoms with Gasteiger partial charge in [0.05, 0.1) is 0 Å². The first-order chi connectivity index (χ1) is 11.7. The summed E-state index contributed by atoms with van der Waals surface area (Å²) >= 11 is 0. The van der Waals surface area contributed by atoms with Crippen LogP contribution in [0.1, 0.15) is 72.3 Å². The number of aryl methyl sites for hydroxylation is 1. The highest BCUT2D eigenvalue weighted by atomic mass is 16.2. The van der Waals surface area contributed by atoms with Crippen molar-refractivity contribution < 1.29 is 4.79 Å². The van der Waals surface area contributed by atoms with Crippen molar-refractivity contribution in [1.29, 1.82) is 0 Å². The fraction of sp³-hybridized carbons (Fsp3) is 0.714. The Hall–Kier alpha value is -1.42. The third-order valence-corrected chi connectivity index (χ3v) is 5.03. The quantitative estimate of drug-likeness (QED) is 0.814. The van der Waals surface area contributed by atoms with E-state index in [9.17, 15) is 4.79 Å². The number of pyridine rings is 1. The first-order valence-corrected chi connectivity index (χ1v) is 9.70. The van der Waals surface area contributed by atoms with E-state index >= 15 is 0 Å². The summed E-state index contributed by atoms with van der Waals surface area (Å²) in [7, 11) is 0. The Balaban J connectivity index is 2.07. The molecule has 0 bridgehead atoms. The third kappa shape index (κ3) is 6.10. The molecule has 1 aliphatic rings. The van der Waals surface area contributed by atoms with Crippen LogP contribution in [0.15, 0.2) is 24.5 Å². The molecular formula is C21H35N3O. The van der Waals surface area contributed by atoms with Crippen LogP contribution in [0.5, 0.6) is 0 Å². The van der Waals surface area contributed by atoms with E-state index in [1.54, 1.807) is 6.20 Å². The second kappa shape index (κ2) is 8.31. The van der Waals surface area contributed by atoms with E-state index in [1.165, 1.54) is 0 Å². The molecule has 0 aliphatic carbocycles. The minimum atomic E-state index is 0.0561. The third-order valence-electron chi connectivity index (χ3n) is 5.03. The average Bonchev–Trinajstić information content (AvgIpc) is 2.51. The lowest BCUT2D eigenvalue weighted by atomic mass is 9.79. The van der Waals surface area contributed by atoms with E-state index in [4.69, 9.17) is 0 Å². The number of nitrogens with one attached hydrogen (secondary N) is 1. The number of amides is 1. The number of piperidine rings is 1. The van der Waals surface area contributed by atoms with Crippen molar-refractivity contribution in [3.63, 3.8) is 0 Å². The van der Waals surface area contributed by atoms with Crippen molar-refractivity contribution in [1.82, 2.24) is 15.2 Å². The average molecular weight is 346 g/mol. The number of rotatable bonds is 7. The second-order valence-electron chi connectivity index (χ2n) is 8.76. The maximum atomic E-state index is 13.0. The van der Waals surface area contributed by atoms with E-state index in [1.807, 2.05) is 18.3 Å². The Morgan fingerprint density at radius 2 is 1.96 bits per heavy atom. The van der Waals surface area contributed by atoms with Gasteiger partial charge in [-0.3, -0.25) is 9.78 Å². The van der Waals surface area contributed by atoms with Gasteiger partial charge in [-0.2, -0.15) is 0 Å². The van der Waals surface area contributed by atoms with Crippen LogP contribution in [0, 0.1) is 0 Å². The van der Waals surface area contributed by atoms with Crippen molar-refractivity contribution in [3.05, 3.63) is 30.1 Å². The highest BCUT2D eigenvalue weighted by Crippen LogP contribution is 2.32. The van der Waals surface area contributed by atoms with E-state index in [0.717, 1.165) is 44.2 Å². The summed E-state index contributed by atoms with van der Waals surface area (Å²) in [6.07, 6.45) is 9.19. The number of carbonyl (C=O) groups excluding carboxylic acids is 1. The summed E-state index contributed by atoms with van der Waals surface area (Å²) in [6.45, 7) is 12.1. The van der Waals surface area contributed by atoms with E-state index in [0.29, 0.717) is 12.5 Å². The van der Waals surface area contributed by atoms with Crippen LogP contribution in [0.2, 0.25) is 0 Å². The summed E-state index contributed by atoms with van der Waals surface area (Å²) in [5.74, 6) is 0.288. The monoisotopic (exact) mass is 345 g/mol. The van der Waals surface area contributed by atoms with Crippen LogP contribution in [0.4, 0.5) is 0 Å². The molecule has 140 valence electrons. The molecule has 2 rings (SSSR count). The number of hydrogen-bond donors (Lipinski definition) is 1. The van der Waals surface area contributed by atoms with Gasteiger partial charge in [0.15, 0.2) is 0 Å². The van der Waals surface area contributed by atoms with Gasteiger partial charge in [-0.25, -0.2) is 0 Å². The van der Waals surface area contributed by atoms with Crippen molar-refractivity contribution in [2.75, 3.05) is 6.54 Å². The molecule has 1 aliphatic heterocycles. The van der Waals surface area contributed by atoms with E-state index in [-0.39, 0.29) is 17.0 Å². The van der Waals surface area contributed by atoms with E-state index in [2.05, 4.69) is 49.8 Å². The predicted octanol–water partition coefficient (Wildman–Crippen LogP) is 3.95. The predicted molar refractivity (Wildman–Crippen MR) is 103 cm³/mol. The van der Waals surface area contributed by atoms with E-state index < -0.39 is 0 Å². The van der Waals surface area contributed by atoms with Gasteiger partial charge in [0.25, 0.3) is 0 Å². The fourth-order valence-electron chi connectivity index (χ4n) is 4.27. The molecule has 1 aromatic rings. The highest BCUT2D eigenvalue weighted by molar-refractivity contribution is 5.76. The zero-order valence-corrected chi connectivity index (χ0v) is 16.6. The first kappa shape index (κ1) is 19.9. The van der Waals surface area contributed by atoms with Gasteiger partial charge < -0.3 is 10.2 Å². The minimum absolute atomic E-state index is 0.0561. The summed E-state index contributed by atoms with van der Waals surface area (Å²) in [5.41, 5.74) is 1.25. The van der Waals surface area contributed by atoms with Crippen LogP contribution in [-0.4, -0.2) is 39.5 Å². The van der Waals surface area contributed by atoms with Gasteiger partial charge in [-0.15, -0.1) is 0 Å². The normalized spacial score (nSPS) is 19.6. The van der Waals surface area contributed by atoms with Crippen molar-refractivity contribution >= 4 is 5.91 Å². The first-order valence-electron chi connectivity index (χ1n) is 9.70. The lowest BCUT2D eigenvalue weighted by Crippen LogP contribution is -2.62. The molecule has 4 nitrogen and oxygen atoms in total. The van der Waals surface area contributed by atoms with Crippen LogP contribution >= 0.6 is 0 Å². The molecule has 1 aromatic heterocycles. The standard InChI is InChI=1S/C21H35N3O/c1-6-7-13-24(18-14-20(2,3)23-21(4,5)15-18)19(25)11-10-17-9-8-12-22-16-17/h8-9,12,16,18,23H,6-7,10-11,13-15H2,1-5H3. The SMILES string of the molecule is CCCCN(C(=O)CCc1cccnc1)C1CC(C)(C)NC(C)(C)C1. The lowest BCUT2D eigenvalue weighted by Gasteiger charge is -2.49. The van der Waals surface area contributed by atoms with Crippen molar-refractivity contribution in [3.8, 4) is 0 Å². The molecule has 25 heavy (non-hydrogen) atoms. The van der Waals surface area contributed by atoms with Gasteiger partial charge in [-0.05, 0) is 65.0 Å². The Kier molecular flexibility index (Phi) is 6.61. The van der Waals surface area contributed by atoms with Gasteiger partial charge in [-0.1, -0.05) is 19.4 Å². The number of unbranched alkanes of at least 4 members (excludes halogenated alkanes) is 1. The van der Waals surface area contributed by atoms with Crippen LogP contribution in [0.25, 0.3) is 0 Å². The van der Waals surface area contributed by atoms with Gasteiger partial charge in [0.1, 0.15) is 0 Å². The minimum Gasteiger partial charge on any atom is -0.340 e. The zero-order valence-electron chi connectivity index (χ0n) is 16.6. The molecule has 4 heteroatoms. The van der Waals surface area contributed by atoms with Gasteiger partial charge in [0.2, 0.25) is 5.91 Å². The highest BCUT2D eigenvalue weighted by Gasteiger charge is 2.40. The molecule has 1 fully saturated rings. The van der Waals surface area contributed by atoms with Crippen LogP contribution < -0.4 is 5.32 Å². The summed E-state index contributed by atoms with van der Waals surface area (Å²) < 4.78 is 0. The molecule has 0 aromatic carbocycles. The van der Waals surface area contributed by atoms with Crippen molar-refractivity contribution in [2.24, 2.45) is 0 Å². The van der Waals surface area contributed by atoms with Crippen molar-refractivity contribution in [2.45, 2.75) is 90.3 Å². The second-order valence-corrected chi connectivity index (χ2v) is 8.76. The number of nitrogens with zero attached hydrogens (tertiary/aromatic N) is 2. The Bertz CT molecular complexity index is 538. The largest absolute Gasteiger partial charge is 0.340 e. The summed E-state index contributed by atoms with van der Waals surface area (Å²) in [6, 6.07) is 4.30. The number of hydrogen-bond acceptors (Lipinski definition) is 3. The zero-order chi connectivity index (χ0) is 18.5. The molecule has 0 atom stereocenters. The number of aromatic nitrogens is 1. The molecule has 2 heterocycles. The Morgan fingerprint density at radius 1 is 1.28 bits per heavy atom. The molecule has 0 unspecified atom stereocenters. The summed E-state index contributed by atoms with van der Waals surface area (Å²) in [5, 5.41) is 3.72. The molecule has 0 saturated carbocycles. The fourth-order valence-corrected chi connectivity index (χ4v) is 4.27. The molecule has 0 radical (unpaired) electrons. The molecule has 1 N–H and O–H groups in total. The Morgan fingerprint density at radius 3 is 2.52 bits per heavy atom. The molecule has 1 amide bonds. The maximum Gasteiger partial charge on any atom is 0.223 e. The van der Waals surface area contributed by atoms with Crippen LogP contribution in [0.3, 0.4) is 0 Å². The molecule has 0 spiro atoms.